The molecule has 0 amide bonds. The Hall–Kier alpha value is -1.23. The highest BCUT2D eigenvalue weighted by Crippen LogP contribution is 2.26. The number of aryl methyl sites for hydroxylation is 1. The molecular weight excluding hydrogens is 278 g/mol. The molecule has 21 heavy (non-hydrogen) atoms. The molecule has 2 atom stereocenters. The number of nitrogens with zero attached hydrogens (tertiary/aromatic N) is 2. The van der Waals surface area contributed by atoms with Crippen LogP contribution in [0.4, 0.5) is 0 Å². The van der Waals surface area contributed by atoms with E-state index in [4.69, 9.17) is 10.7 Å². The van der Waals surface area contributed by atoms with Crippen molar-refractivity contribution in [2.24, 2.45) is 5.73 Å². The van der Waals surface area contributed by atoms with E-state index in [0.29, 0.717) is 12.1 Å². The van der Waals surface area contributed by atoms with E-state index in [1.165, 1.54) is 16.8 Å². The zero-order valence-electron chi connectivity index (χ0n) is 12.7. The lowest BCUT2D eigenvalue weighted by Crippen LogP contribution is -2.45. The maximum Gasteiger partial charge on any atom is 0.123 e. The van der Waals surface area contributed by atoms with E-state index in [1.807, 2.05) is 0 Å². The van der Waals surface area contributed by atoms with Gasteiger partial charge in [0.25, 0.3) is 0 Å². The molecule has 1 aliphatic rings. The van der Waals surface area contributed by atoms with Crippen LogP contribution < -0.4 is 5.73 Å². The number of piperidine rings is 1. The third-order valence-electron chi connectivity index (χ3n) is 4.27. The SMILES string of the molecule is Cc1ccc(-c2nc(CN3CCC(N)CC3C)cs2)cc1. The number of benzene rings is 1. The van der Waals surface area contributed by atoms with Crippen molar-refractivity contribution < 1.29 is 0 Å². The smallest absolute Gasteiger partial charge is 0.123 e. The molecule has 2 unspecified atom stereocenters. The van der Waals surface area contributed by atoms with Gasteiger partial charge in [0.15, 0.2) is 0 Å². The number of rotatable bonds is 3. The Morgan fingerprint density at radius 2 is 2.10 bits per heavy atom. The lowest BCUT2D eigenvalue weighted by Gasteiger charge is -2.35. The first-order valence-corrected chi connectivity index (χ1v) is 8.51. The first kappa shape index (κ1) is 14.7. The molecule has 0 radical (unpaired) electrons. The molecule has 2 N–H and O–H groups in total. The van der Waals surface area contributed by atoms with Crippen LogP contribution in [0.1, 0.15) is 31.0 Å². The van der Waals surface area contributed by atoms with Gasteiger partial charge in [-0.25, -0.2) is 4.98 Å². The van der Waals surface area contributed by atoms with Crippen LogP contribution in [0.3, 0.4) is 0 Å². The second-order valence-electron chi connectivity index (χ2n) is 6.11. The lowest BCUT2D eigenvalue weighted by molar-refractivity contribution is 0.138. The molecule has 2 heterocycles. The van der Waals surface area contributed by atoms with Crippen LogP contribution in [0.25, 0.3) is 10.6 Å². The van der Waals surface area contributed by atoms with Crippen LogP contribution >= 0.6 is 11.3 Å². The molecule has 1 saturated heterocycles. The van der Waals surface area contributed by atoms with Gasteiger partial charge in [0.05, 0.1) is 5.69 Å². The van der Waals surface area contributed by atoms with Crippen molar-refractivity contribution in [2.75, 3.05) is 6.54 Å². The van der Waals surface area contributed by atoms with Gasteiger partial charge >= 0.3 is 0 Å². The summed E-state index contributed by atoms with van der Waals surface area (Å²) in [7, 11) is 0. The van der Waals surface area contributed by atoms with E-state index in [1.54, 1.807) is 11.3 Å². The third kappa shape index (κ3) is 3.51. The summed E-state index contributed by atoms with van der Waals surface area (Å²) in [6.45, 7) is 6.40. The maximum absolute atomic E-state index is 6.03. The quantitative estimate of drug-likeness (QED) is 0.944. The van der Waals surface area contributed by atoms with Gasteiger partial charge in [-0.2, -0.15) is 0 Å². The molecule has 1 aromatic heterocycles. The fourth-order valence-electron chi connectivity index (χ4n) is 2.91. The fourth-order valence-corrected chi connectivity index (χ4v) is 3.73. The average molecular weight is 301 g/mol. The monoisotopic (exact) mass is 301 g/mol. The molecule has 3 rings (SSSR count). The Labute approximate surface area is 130 Å². The molecule has 1 aliphatic heterocycles. The summed E-state index contributed by atoms with van der Waals surface area (Å²) in [5.74, 6) is 0. The molecule has 0 bridgehead atoms. The Morgan fingerprint density at radius 3 is 2.81 bits per heavy atom. The Balaban J connectivity index is 1.69. The van der Waals surface area contributed by atoms with Crippen molar-refractivity contribution in [3.8, 4) is 10.6 Å². The first-order valence-electron chi connectivity index (χ1n) is 7.63. The number of likely N-dealkylation sites (tertiary alicyclic amines) is 1. The summed E-state index contributed by atoms with van der Waals surface area (Å²) in [6, 6.07) is 9.52. The summed E-state index contributed by atoms with van der Waals surface area (Å²) in [5, 5.41) is 3.31. The van der Waals surface area contributed by atoms with Gasteiger partial charge in [0, 0.05) is 36.1 Å². The van der Waals surface area contributed by atoms with Crippen molar-refractivity contribution in [1.82, 2.24) is 9.88 Å². The van der Waals surface area contributed by atoms with Crippen LogP contribution in [0.15, 0.2) is 29.6 Å². The van der Waals surface area contributed by atoms with Crippen molar-refractivity contribution in [1.29, 1.82) is 0 Å². The topological polar surface area (TPSA) is 42.2 Å². The van der Waals surface area contributed by atoms with Crippen LogP contribution in [0.5, 0.6) is 0 Å². The minimum Gasteiger partial charge on any atom is -0.328 e. The van der Waals surface area contributed by atoms with E-state index in [9.17, 15) is 0 Å². The van der Waals surface area contributed by atoms with Gasteiger partial charge in [-0.15, -0.1) is 11.3 Å². The van der Waals surface area contributed by atoms with E-state index in [-0.39, 0.29) is 0 Å². The average Bonchev–Trinajstić information content (AvgIpc) is 2.91. The third-order valence-corrected chi connectivity index (χ3v) is 5.21. The van der Waals surface area contributed by atoms with Gasteiger partial charge in [-0.1, -0.05) is 29.8 Å². The number of hydrogen-bond donors (Lipinski definition) is 1. The highest BCUT2D eigenvalue weighted by atomic mass is 32.1. The molecule has 0 spiro atoms. The largest absolute Gasteiger partial charge is 0.328 e. The van der Waals surface area contributed by atoms with Crippen LogP contribution in [0.2, 0.25) is 0 Å². The summed E-state index contributed by atoms with van der Waals surface area (Å²) in [4.78, 5) is 7.30. The normalized spacial score (nSPS) is 23.4. The molecule has 0 saturated carbocycles. The molecule has 112 valence electrons. The summed E-state index contributed by atoms with van der Waals surface area (Å²) in [5.41, 5.74) is 9.71. The predicted octanol–water partition coefficient (Wildman–Crippen LogP) is 3.43. The molecule has 0 aliphatic carbocycles. The van der Waals surface area contributed by atoms with Gasteiger partial charge in [0.1, 0.15) is 5.01 Å². The molecule has 2 aromatic rings. The van der Waals surface area contributed by atoms with Crippen molar-refractivity contribution in [3.05, 3.63) is 40.9 Å². The standard InChI is InChI=1S/C17H23N3S/c1-12-3-5-14(6-4-12)17-19-16(11-21-17)10-20-8-7-15(18)9-13(20)2/h3-6,11,13,15H,7-10,18H2,1-2H3. The molecule has 1 fully saturated rings. The first-order chi connectivity index (χ1) is 10.1. The zero-order valence-corrected chi connectivity index (χ0v) is 13.6. The fraction of sp³-hybridized carbons (Fsp3) is 0.471. The minimum atomic E-state index is 0.370. The van der Waals surface area contributed by atoms with E-state index in [2.05, 4.69) is 48.4 Å². The van der Waals surface area contributed by atoms with E-state index < -0.39 is 0 Å². The molecule has 4 heteroatoms. The second kappa shape index (κ2) is 6.26. The van der Waals surface area contributed by atoms with Crippen LogP contribution in [-0.2, 0) is 6.54 Å². The van der Waals surface area contributed by atoms with Crippen molar-refractivity contribution in [2.45, 2.75) is 45.3 Å². The summed E-state index contributed by atoms with van der Waals surface area (Å²) >= 11 is 1.74. The van der Waals surface area contributed by atoms with Crippen LogP contribution in [-0.4, -0.2) is 28.5 Å². The highest BCUT2D eigenvalue weighted by molar-refractivity contribution is 7.13. The molecular formula is C17H23N3S. The second-order valence-corrected chi connectivity index (χ2v) is 6.97. The summed E-state index contributed by atoms with van der Waals surface area (Å²) in [6.07, 6.45) is 2.19. The minimum absolute atomic E-state index is 0.370. The molecule has 1 aromatic carbocycles. The summed E-state index contributed by atoms with van der Waals surface area (Å²) < 4.78 is 0. The van der Waals surface area contributed by atoms with Gasteiger partial charge in [0.2, 0.25) is 0 Å². The van der Waals surface area contributed by atoms with Gasteiger partial charge in [-0.05, 0) is 26.7 Å². The number of hydrogen-bond acceptors (Lipinski definition) is 4. The maximum atomic E-state index is 6.03. The molecule has 3 nitrogen and oxygen atoms in total. The highest BCUT2D eigenvalue weighted by Gasteiger charge is 2.23. The Bertz CT molecular complexity index is 590. The van der Waals surface area contributed by atoms with E-state index >= 15 is 0 Å². The Kier molecular flexibility index (Phi) is 4.38. The van der Waals surface area contributed by atoms with Crippen LogP contribution in [0, 0.1) is 6.92 Å². The number of thiazole rings is 1. The van der Waals surface area contributed by atoms with Crippen molar-refractivity contribution >= 4 is 11.3 Å². The Morgan fingerprint density at radius 1 is 1.33 bits per heavy atom. The van der Waals surface area contributed by atoms with Gasteiger partial charge in [-0.3, -0.25) is 4.90 Å². The number of nitrogens with two attached hydrogens (primary N) is 1. The zero-order chi connectivity index (χ0) is 14.8. The van der Waals surface area contributed by atoms with Gasteiger partial charge < -0.3 is 5.73 Å². The number of aromatic nitrogens is 1. The van der Waals surface area contributed by atoms with E-state index in [0.717, 1.165) is 30.9 Å². The predicted molar refractivity (Wildman–Crippen MR) is 89.4 cm³/mol. The van der Waals surface area contributed by atoms with Crippen molar-refractivity contribution in [3.63, 3.8) is 0 Å². The lowest BCUT2D eigenvalue weighted by atomic mass is 9.99.